The van der Waals surface area contributed by atoms with E-state index in [4.69, 9.17) is 5.11 Å². The lowest BCUT2D eigenvalue weighted by molar-refractivity contribution is -0.134. The summed E-state index contributed by atoms with van der Waals surface area (Å²) >= 11 is 1.63. The maximum absolute atomic E-state index is 12.2. The van der Waals surface area contributed by atoms with E-state index in [9.17, 15) is 4.79 Å². The summed E-state index contributed by atoms with van der Waals surface area (Å²) in [6.07, 6.45) is 4.67. The molecule has 1 aliphatic rings. The van der Waals surface area contributed by atoms with E-state index < -0.39 is 0 Å². The minimum absolute atomic E-state index is 0.162. The number of hydrogen-bond donors (Lipinski definition) is 1. The average molecular weight is 253 g/mol. The molecule has 0 unspecified atom stereocenters. The number of amides is 1. The number of carbonyl (C=O) groups excluding carboxylic acids is 1. The van der Waals surface area contributed by atoms with Crippen LogP contribution in [0.3, 0.4) is 0 Å². The van der Waals surface area contributed by atoms with E-state index in [0.717, 1.165) is 18.4 Å². The summed E-state index contributed by atoms with van der Waals surface area (Å²) in [4.78, 5) is 14.2. The fourth-order valence-electron chi connectivity index (χ4n) is 2.12. The van der Waals surface area contributed by atoms with Gasteiger partial charge in [0.2, 0.25) is 5.91 Å². The van der Waals surface area contributed by atoms with Gasteiger partial charge in [-0.2, -0.15) is 11.3 Å². The highest BCUT2D eigenvalue weighted by Gasteiger charge is 2.28. The zero-order valence-electron chi connectivity index (χ0n) is 9.97. The molecule has 1 aromatic heterocycles. The van der Waals surface area contributed by atoms with Gasteiger partial charge in [0.05, 0.1) is 6.42 Å². The summed E-state index contributed by atoms with van der Waals surface area (Å²) in [5.41, 5.74) is 1.10. The van der Waals surface area contributed by atoms with E-state index in [2.05, 4.69) is 0 Å². The maximum atomic E-state index is 12.2. The van der Waals surface area contributed by atoms with Crippen LogP contribution in [-0.4, -0.2) is 35.1 Å². The molecule has 94 valence electrons. The molecule has 0 aromatic carbocycles. The molecule has 1 heterocycles. The fraction of sp³-hybridized carbons (Fsp3) is 0.615. The van der Waals surface area contributed by atoms with Crippen LogP contribution in [0.1, 0.15) is 31.2 Å². The van der Waals surface area contributed by atoms with Gasteiger partial charge in [0.1, 0.15) is 0 Å². The highest BCUT2D eigenvalue weighted by molar-refractivity contribution is 7.07. The van der Waals surface area contributed by atoms with Crippen molar-refractivity contribution in [3.8, 4) is 0 Å². The largest absolute Gasteiger partial charge is 0.396 e. The van der Waals surface area contributed by atoms with Crippen LogP contribution >= 0.6 is 11.3 Å². The van der Waals surface area contributed by atoms with Gasteiger partial charge in [-0.05, 0) is 48.1 Å². The molecule has 0 atom stereocenters. The Kier molecular flexibility index (Phi) is 4.57. The number of carbonyl (C=O) groups is 1. The molecule has 0 bridgehead atoms. The normalized spacial score (nSPS) is 15.6. The molecule has 0 spiro atoms. The smallest absolute Gasteiger partial charge is 0.227 e. The Morgan fingerprint density at radius 2 is 2.35 bits per heavy atom. The Bertz CT molecular complexity index is 346. The van der Waals surface area contributed by atoms with Gasteiger partial charge in [-0.3, -0.25) is 4.79 Å². The Morgan fingerprint density at radius 3 is 2.88 bits per heavy atom. The minimum Gasteiger partial charge on any atom is -0.396 e. The molecule has 4 heteroatoms. The quantitative estimate of drug-likeness (QED) is 0.843. The molecule has 1 saturated carbocycles. The highest BCUT2D eigenvalue weighted by atomic mass is 32.1. The van der Waals surface area contributed by atoms with Gasteiger partial charge in [0, 0.05) is 19.2 Å². The van der Waals surface area contributed by atoms with Crippen molar-refractivity contribution < 1.29 is 9.90 Å². The second kappa shape index (κ2) is 6.17. The first-order valence-electron chi connectivity index (χ1n) is 6.22. The first-order valence-corrected chi connectivity index (χ1v) is 7.17. The summed E-state index contributed by atoms with van der Waals surface area (Å²) in [7, 11) is 0. The molecule has 1 aromatic rings. The van der Waals surface area contributed by atoms with Crippen LogP contribution in [0.25, 0.3) is 0 Å². The molecule has 2 rings (SSSR count). The number of hydrogen-bond acceptors (Lipinski definition) is 3. The monoisotopic (exact) mass is 253 g/mol. The van der Waals surface area contributed by atoms with Crippen molar-refractivity contribution in [1.29, 1.82) is 0 Å². The van der Waals surface area contributed by atoms with Crippen LogP contribution in [0.15, 0.2) is 16.8 Å². The van der Waals surface area contributed by atoms with Crippen molar-refractivity contribution in [2.24, 2.45) is 0 Å². The van der Waals surface area contributed by atoms with Gasteiger partial charge < -0.3 is 10.0 Å². The number of rotatable bonds is 6. The molecule has 1 fully saturated rings. The first-order chi connectivity index (χ1) is 8.31. The molecule has 1 amide bonds. The summed E-state index contributed by atoms with van der Waals surface area (Å²) in [6.45, 7) is 0.860. The van der Waals surface area contributed by atoms with Crippen LogP contribution in [0, 0.1) is 0 Å². The lowest BCUT2D eigenvalue weighted by atomic mass is 9.91. The third kappa shape index (κ3) is 3.30. The standard InChI is InChI=1S/C13H19NO2S/c15-7-2-6-14(12-3-1-4-12)13(16)9-11-5-8-17-10-11/h5,8,10,12,15H,1-4,6-7,9H2. The number of nitrogens with zero attached hydrogens (tertiary/aromatic N) is 1. The second-order valence-corrected chi connectivity index (χ2v) is 5.34. The Balaban J connectivity index is 1.91. The number of thiophene rings is 1. The van der Waals surface area contributed by atoms with E-state index in [1.807, 2.05) is 21.7 Å². The predicted molar refractivity (Wildman–Crippen MR) is 69.1 cm³/mol. The van der Waals surface area contributed by atoms with Gasteiger partial charge >= 0.3 is 0 Å². The van der Waals surface area contributed by atoms with Crippen molar-refractivity contribution in [2.75, 3.05) is 13.2 Å². The maximum Gasteiger partial charge on any atom is 0.227 e. The van der Waals surface area contributed by atoms with Crippen LogP contribution in [0.2, 0.25) is 0 Å². The molecule has 1 aliphatic carbocycles. The Labute approximate surface area is 106 Å². The van der Waals surface area contributed by atoms with Crippen molar-refractivity contribution in [3.05, 3.63) is 22.4 Å². The van der Waals surface area contributed by atoms with E-state index >= 15 is 0 Å². The molecule has 3 nitrogen and oxygen atoms in total. The fourth-order valence-corrected chi connectivity index (χ4v) is 2.79. The van der Waals surface area contributed by atoms with Crippen molar-refractivity contribution >= 4 is 17.2 Å². The molecule has 0 saturated heterocycles. The van der Waals surface area contributed by atoms with E-state index in [1.165, 1.54) is 6.42 Å². The van der Waals surface area contributed by atoms with E-state index in [0.29, 0.717) is 25.4 Å². The topological polar surface area (TPSA) is 40.5 Å². The zero-order valence-corrected chi connectivity index (χ0v) is 10.8. The third-order valence-corrected chi connectivity index (χ3v) is 4.06. The van der Waals surface area contributed by atoms with Gasteiger partial charge in [-0.25, -0.2) is 0 Å². The lowest BCUT2D eigenvalue weighted by Crippen LogP contribution is -2.45. The van der Waals surface area contributed by atoms with Gasteiger partial charge in [-0.1, -0.05) is 0 Å². The molecular formula is C13H19NO2S. The SMILES string of the molecule is O=C(Cc1ccsc1)N(CCCO)C1CCC1. The summed E-state index contributed by atoms with van der Waals surface area (Å²) < 4.78 is 0. The van der Waals surface area contributed by atoms with E-state index in [1.54, 1.807) is 11.3 Å². The first kappa shape index (κ1) is 12.6. The number of aliphatic hydroxyl groups is 1. The average Bonchev–Trinajstić information content (AvgIpc) is 2.73. The molecule has 0 radical (unpaired) electrons. The van der Waals surface area contributed by atoms with Crippen LogP contribution in [-0.2, 0) is 11.2 Å². The predicted octanol–water partition coefficient (Wildman–Crippen LogP) is 2.05. The molecule has 1 N–H and O–H groups in total. The van der Waals surface area contributed by atoms with Gasteiger partial charge in [0.25, 0.3) is 0 Å². The lowest BCUT2D eigenvalue weighted by Gasteiger charge is -2.37. The minimum atomic E-state index is 0.162. The van der Waals surface area contributed by atoms with Crippen LogP contribution in [0.4, 0.5) is 0 Å². The Morgan fingerprint density at radius 1 is 1.53 bits per heavy atom. The van der Waals surface area contributed by atoms with Crippen molar-refractivity contribution in [3.63, 3.8) is 0 Å². The van der Waals surface area contributed by atoms with Crippen molar-refractivity contribution in [2.45, 2.75) is 38.1 Å². The van der Waals surface area contributed by atoms with Crippen LogP contribution < -0.4 is 0 Å². The molecule has 17 heavy (non-hydrogen) atoms. The third-order valence-electron chi connectivity index (χ3n) is 3.33. The van der Waals surface area contributed by atoms with Gasteiger partial charge in [0.15, 0.2) is 0 Å². The number of aliphatic hydroxyl groups excluding tert-OH is 1. The highest BCUT2D eigenvalue weighted by Crippen LogP contribution is 2.25. The Hall–Kier alpha value is -0.870. The second-order valence-electron chi connectivity index (χ2n) is 4.56. The summed E-state index contributed by atoms with van der Waals surface area (Å²) in [6, 6.07) is 2.43. The molecular weight excluding hydrogens is 234 g/mol. The van der Waals surface area contributed by atoms with Crippen LogP contribution in [0.5, 0.6) is 0 Å². The zero-order chi connectivity index (χ0) is 12.1. The van der Waals surface area contributed by atoms with E-state index in [-0.39, 0.29) is 12.5 Å². The summed E-state index contributed by atoms with van der Waals surface area (Å²) in [5, 5.41) is 12.9. The van der Waals surface area contributed by atoms with Gasteiger partial charge in [-0.15, -0.1) is 0 Å². The summed E-state index contributed by atoms with van der Waals surface area (Å²) in [5.74, 6) is 0.210. The van der Waals surface area contributed by atoms with Crippen molar-refractivity contribution in [1.82, 2.24) is 4.90 Å². The molecule has 0 aliphatic heterocycles.